The van der Waals surface area contributed by atoms with Crippen LogP contribution in [0, 0.1) is 0 Å². The van der Waals surface area contributed by atoms with Crippen molar-refractivity contribution < 1.29 is 9.90 Å². The number of carbonyl (C=O) groups is 1. The minimum atomic E-state index is -0.850. The molecule has 23 heavy (non-hydrogen) atoms. The first-order valence-corrected chi connectivity index (χ1v) is 8.07. The van der Waals surface area contributed by atoms with Gasteiger partial charge in [0.1, 0.15) is 5.54 Å². The van der Waals surface area contributed by atoms with Crippen LogP contribution >= 0.6 is 0 Å². The summed E-state index contributed by atoms with van der Waals surface area (Å²) in [4.78, 5) is 14.1. The molecule has 1 fully saturated rings. The lowest BCUT2D eigenvalue weighted by molar-refractivity contribution is -0.0109. The number of aliphatic hydroxyl groups excluding tert-OH is 1. The number of urea groups is 1. The lowest BCUT2D eigenvalue weighted by atomic mass is 9.78. The normalized spacial score (nSPS) is 26.4. The molecule has 1 aliphatic heterocycles. The molecular formula is C18H21N3O2. The van der Waals surface area contributed by atoms with Gasteiger partial charge in [-0.1, -0.05) is 30.3 Å². The predicted molar refractivity (Wildman–Crippen MR) is 86.6 cm³/mol. The first kappa shape index (κ1) is 14.3. The minimum absolute atomic E-state index is 0.196. The molecule has 2 aliphatic rings. The van der Waals surface area contributed by atoms with E-state index in [2.05, 4.69) is 9.88 Å². The number of benzene rings is 1. The van der Waals surface area contributed by atoms with Gasteiger partial charge in [0, 0.05) is 24.5 Å². The molecule has 5 nitrogen and oxygen atoms in total. The van der Waals surface area contributed by atoms with Gasteiger partial charge in [-0.05, 0) is 30.9 Å². The van der Waals surface area contributed by atoms with Crippen LogP contribution in [0.1, 0.15) is 29.7 Å². The Morgan fingerprint density at radius 2 is 2.09 bits per heavy atom. The molecule has 1 aromatic heterocycles. The number of aromatic nitrogens is 1. The summed E-state index contributed by atoms with van der Waals surface area (Å²) in [6.45, 7) is 0.414. The molecule has 2 N–H and O–H groups in total. The summed E-state index contributed by atoms with van der Waals surface area (Å²) < 4.78 is 2.09. The lowest BCUT2D eigenvalue weighted by Gasteiger charge is -2.37. The van der Waals surface area contributed by atoms with E-state index in [9.17, 15) is 9.90 Å². The fourth-order valence-electron chi connectivity index (χ4n) is 3.99. The fourth-order valence-corrected chi connectivity index (χ4v) is 3.99. The molecule has 1 spiro atoms. The van der Waals surface area contributed by atoms with E-state index in [0.717, 1.165) is 30.4 Å². The fraction of sp³-hybridized carbons (Fsp3) is 0.389. The average Bonchev–Trinajstić information content (AvgIpc) is 3.04. The van der Waals surface area contributed by atoms with Crippen LogP contribution in [-0.4, -0.2) is 26.8 Å². The van der Waals surface area contributed by atoms with Crippen LogP contribution in [0.15, 0.2) is 42.6 Å². The monoisotopic (exact) mass is 311 g/mol. The van der Waals surface area contributed by atoms with Crippen molar-refractivity contribution in [1.82, 2.24) is 14.8 Å². The number of rotatable bonds is 2. The van der Waals surface area contributed by atoms with Crippen molar-refractivity contribution in [2.75, 3.05) is 0 Å². The maximum absolute atomic E-state index is 12.5. The summed E-state index contributed by atoms with van der Waals surface area (Å²) in [7, 11) is 2.02. The predicted octanol–water partition coefficient (Wildman–Crippen LogP) is 2.10. The number of nitrogens with zero attached hydrogens (tertiary/aromatic N) is 2. The van der Waals surface area contributed by atoms with Gasteiger partial charge in [-0.25, -0.2) is 4.79 Å². The largest absolute Gasteiger partial charge is 0.371 e. The molecule has 0 bridgehead atoms. The summed E-state index contributed by atoms with van der Waals surface area (Å²) in [5, 5.41) is 14.1. The zero-order chi connectivity index (χ0) is 16.0. The molecule has 5 heteroatoms. The van der Waals surface area contributed by atoms with Crippen LogP contribution in [0.2, 0.25) is 0 Å². The number of carbonyl (C=O) groups excluding carboxylic acids is 1. The number of amides is 2. The topological polar surface area (TPSA) is 57.5 Å². The number of aliphatic hydroxyl groups is 1. The van der Waals surface area contributed by atoms with Crippen LogP contribution in [0.3, 0.4) is 0 Å². The average molecular weight is 311 g/mol. The van der Waals surface area contributed by atoms with E-state index < -0.39 is 11.8 Å². The molecule has 2 unspecified atom stereocenters. The highest BCUT2D eigenvalue weighted by Gasteiger charge is 2.54. The van der Waals surface area contributed by atoms with E-state index in [0.29, 0.717) is 6.54 Å². The molecule has 2 aromatic rings. The van der Waals surface area contributed by atoms with E-state index in [1.165, 1.54) is 10.6 Å². The smallest absolute Gasteiger partial charge is 0.320 e. The Hall–Kier alpha value is -2.27. The number of nitrogens with one attached hydrogen (secondary N) is 1. The Kier molecular flexibility index (Phi) is 3.20. The van der Waals surface area contributed by atoms with Crippen LogP contribution in [0.4, 0.5) is 4.79 Å². The van der Waals surface area contributed by atoms with Crippen molar-refractivity contribution in [3.8, 4) is 0 Å². The Morgan fingerprint density at radius 3 is 2.87 bits per heavy atom. The second kappa shape index (κ2) is 5.13. The molecule has 2 amide bonds. The second-order valence-corrected chi connectivity index (χ2v) is 6.53. The maximum atomic E-state index is 12.5. The molecule has 1 aromatic carbocycles. The van der Waals surface area contributed by atoms with Gasteiger partial charge in [0.25, 0.3) is 0 Å². The third kappa shape index (κ3) is 2.07. The van der Waals surface area contributed by atoms with E-state index in [1.54, 1.807) is 0 Å². The number of fused-ring (bicyclic) bond motifs is 2. The van der Waals surface area contributed by atoms with Gasteiger partial charge in [-0.2, -0.15) is 0 Å². The lowest BCUT2D eigenvalue weighted by Crippen LogP contribution is -2.49. The van der Waals surface area contributed by atoms with Gasteiger partial charge < -0.3 is 15.0 Å². The molecule has 1 aliphatic carbocycles. The van der Waals surface area contributed by atoms with E-state index in [4.69, 9.17) is 0 Å². The first-order chi connectivity index (χ1) is 11.1. The van der Waals surface area contributed by atoms with Crippen molar-refractivity contribution in [1.29, 1.82) is 0 Å². The zero-order valence-corrected chi connectivity index (χ0v) is 13.2. The molecule has 2 heterocycles. The highest BCUT2D eigenvalue weighted by Crippen LogP contribution is 2.42. The summed E-state index contributed by atoms with van der Waals surface area (Å²) in [6.07, 6.45) is 3.87. The standard InChI is InChI=1S/C18H21N3O2/c1-20-11-9-14-15(20)8-5-10-18(14)16(22)21(17(23)19-18)12-13-6-3-2-4-7-13/h2-4,6-7,9,11,16,22H,5,8,10,12H2,1H3,(H,19,23). The number of aryl methyl sites for hydroxylation is 1. The van der Waals surface area contributed by atoms with E-state index >= 15 is 0 Å². The van der Waals surface area contributed by atoms with Gasteiger partial charge in [-0.15, -0.1) is 0 Å². The molecule has 4 rings (SSSR count). The van der Waals surface area contributed by atoms with Crippen molar-refractivity contribution in [2.45, 2.75) is 37.6 Å². The summed E-state index contributed by atoms with van der Waals surface area (Å²) in [5.74, 6) is 0. The highest BCUT2D eigenvalue weighted by molar-refractivity contribution is 5.79. The molecule has 0 radical (unpaired) electrons. The van der Waals surface area contributed by atoms with Crippen molar-refractivity contribution >= 4 is 6.03 Å². The van der Waals surface area contributed by atoms with Crippen LogP contribution in [-0.2, 0) is 25.6 Å². The van der Waals surface area contributed by atoms with E-state index in [1.807, 2.05) is 49.6 Å². The molecular weight excluding hydrogens is 290 g/mol. The minimum Gasteiger partial charge on any atom is -0.371 e. The molecule has 120 valence electrons. The third-order valence-electron chi connectivity index (χ3n) is 5.19. The van der Waals surface area contributed by atoms with Crippen molar-refractivity contribution in [3.63, 3.8) is 0 Å². The Labute approximate surface area is 135 Å². The van der Waals surface area contributed by atoms with Crippen LogP contribution < -0.4 is 5.32 Å². The Morgan fingerprint density at radius 1 is 1.30 bits per heavy atom. The zero-order valence-electron chi connectivity index (χ0n) is 13.2. The first-order valence-electron chi connectivity index (χ1n) is 8.07. The van der Waals surface area contributed by atoms with Crippen LogP contribution in [0.5, 0.6) is 0 Å². The van der Waals surface area contributed by atoms with Crippen molar-refractivity contribution in [3.05, 3.63) is 59.4 Å². The Bertz CT molecular complexity index is 740. The van der Waals surface area contributed by atoms with Crippen LogP contribution in [0.25, 0.3) is 0 Å². The number of hydrogen-bond donors (Lipinski definition) is 2. The molecule has 1 saturated heterocycles. The number of hydrogen-bond acceptors (Lipinski definition) is 2. The van der Waals surface area contributed by atoms with Gasteiger partial charge in [0.05, 0.1) is 6.54 Å². The third-order valence-corrected chi connectivity index (χ3v) is 5.19. The SMILES string of the molecule is Cn1ccc2c1CCCC21NC(=O)N(Cc2ccccc2)C1O. The highest BCUT2D eigenvalue weighted by atomic mass is 16.3. The molecule has 0 saturated carbocycles. The summed E-state index contributed by atoms with van der Waals surface area (Å²) >= 11 is 0. The molecule has 2 atom stereocenters. The summed E-state index contributed by atoms with van der Waals surface area (Å²) in [5.41, 5.74) is 2.60. The Balaban J connectivity index is 1.69. The van der Waals surface area contributed by atoms with Gasteiger partial charge in [0.15, 0.2) is 6.23 Å². The van der Waals surface area contributed by atoms with Gasteiger partial charge in [0.2, 0.25) is 0 Å². The van der Waals surface area contributed by atoms with Gasteiger partial charge >= 0.3 is 6.03 Å². The second-order valence-electron chi connectivity index (χ2n) is 6.53. The maximum Gasteiger partial charge on any atom is 0.320 e. The van der Waals surface area contributed by atoms with E-state index in [-0.39, 0.29) is 6.03 Å². The quantitative estimate of drug-likeness (QED) is 0.892. The summed E-state index contributed by atoms with van der Waals surface area (Å²) in [6, 6.07) is 11.6. The van der Waals surface area contributed by atoms with Crippen molar-refractivity contribution in [2.24, 2.45) is 7.05 Å². The van der Waals surface area contributed by atoms with Gasteiger partial charge in [-0.3, -0.25) is 4.90 Å².